The summed E-state index contributed by atoms with van der Waals surface area (Å²) >= 11 is 0. The highest BCUT2D eigenvalue weighted by atomic mass is 16.7. The molecule has 4 bridgehead atoms. The number of benzene rings is 1. The van der Waals surface area contributed by atoms with Gasteiger partial charge in [-0.1, -0.05) is 45.9 Å². The predicted octanol–water partition coefficient (Wildman–Crippen LogP) is 4.70. The molecule has 4 fully saturated rings. The summed E-state index contributed by atoms with van der Waals surface area (Å²) in [6.07, 6.45) is -1.32. The van der Waals surface area contributed by atoms with E-state index in [9.17, 15) is 24.0 Å². The van der Waals surface area contributed by atoms with Crippen molar-refractivity contribution in [2.75, 3.05) is 0 Å². The van der Waals surface area contributed by atoms with Gasteiger partial charge in [0.1, 0.15) is 11.2 Å². The quantitative estimate of drug-likeness (QED) is 0.266. The zero-order chi connectivity index (χ0) is 32.8. The maximum atomic E-state index is 14.4. The van der Waals surface area contributed by atoms with Crippen molar-refractivity contribution >= 4 is 34.8 Å². The SMILES string of the molecule is CC1(C)Oc2c(c3ccccc3oc2=O)[C@@H](OC(=O)[C@@]23CC[C@@](C)(C(=O)O2)C3(C)C)[C@H]1OC(=O)[C@@]12CC[C@@](C)(C(=O)O1)C2(C)C. The number of fused-ring (bicyclic) bond motifs is 7. The van der Waals surface area contributed by atoms with Crippen molar-refractivity contribution in [1.29, 1.82) is 0 Å². The van der Waals surface area contributed by atoms with Gasteiger partial charge in [-0.25, -0.2) is 14.4 Å². The molecule has 45 heavy (non-hydrogen) atoms. The zero-order valence-electron chi connectivity index (χ0n) is 26.8. The highest BCUT2D eigenvalue weighted by Crippen LogP contribution is 2.67. The number of hydrogen-bond acceptors (Lipinski definition) is 11. The second-order valence-electron chi connectivity index (χ2n) is 15.3. The topological polar surface area (TPSA) is 145 Å². The number of esters is 4. The Balaban J connectivity index is 1.36. The van der Waals surface area contributed by atoms with E-state index < -0.39 is 80.2 Å². The van der Waals surface area contributed by atoms with Gasteiger partial charge in [0.05, 0.1) is 16.4 Å². The van der Waals surface area contributed by atoms with Crippen LogP contribution >= 0.6 is 0 Å². The van der Waals surface area contributed by atoms with Gasteiger partial charge in [0.25, 0.3) is 0 Å². The minimum atomic E-state index is -1.60. The lowest BCUT2D eigenvalue weighted by molar-refractivity contribution is -0.217. The summed E-state index contributed by atoms with van der Waals surface area (Å²) in [6, 6.07) is 6.70. The third-order valence-electron chi connectivity index (χ3n) is 12.7. The van der Waals surface area contributed by atoms with Crippen molar-refractivity contribution < 1.29 is 47.3 Å². The molecule has 6 atom stereocenters. The van der Waals surface area contributed by atoms with Gasteiger partial charge in [0.15, 0.2) is 12.2 Å². The average Bonchev–Trinajstić information content (AvgIpc) is 3.42. The molecule has 2 aliphatic carbocycles. The molecule has 3 aliphatic heterocycles. The van der Waals surface area contributed by atoms with Gasteiger partial charge < -0.3 is 28.1 Å². The van der Waals surface area contributed by atoms with Crippen molar-refractivity contribution in [2.24, 2.45) is 21.7 Å². The Morgan fingerprint density at radius 2 is 1.22 bits per heavy atom. The molecule has 0 spiro atoms. The molecule has 2 aromatic rings. The zero-order valence-corrected chi connectivity index (χ0v) is 26.8. The molecule has 0 radical (unpaired) electrons. The number of carbonyl (C=O) groups excluding carboxylic acids is 4. The summed E-state index contributed by atoms with van der Waals surface area (Å²) in [5.74, 6) is -2.74. The molecular weight excluding hydrogens is 584 g/mol. The third kappa shape index (κ3) is 3.24. The van der Waals surface area contributed by atoms with Crippen LogP contribution in [-0.2, 0) is 38.1 Å². The summed E-state index contributed by atoms with van der Waals surface area (Å²) in [6.45, 7) is 14.0. The van der Waals surface area contributed by atoms with E-state index in [4.69, 9.17) is 28.1 Å². The lowest BCUT2D eigenvalue weighted by atomic mass is 9.66. The molecule has 11 heteroatoms. The highest BCUT2D eigenvalue weighted by molar-refractivity contribution is 5.95. The molecule has 1 aromatic heterocycles. The Hall–Kier alpha value is -3.89. The fraction of sp³-hybridized carbons (Fsp3) is 0.618. The second-order valence-corrected chi connectivity index (χ2v) is 15.3. The van der Waals surface area contributed by atoms with Gasteiger partial charge in [-0.3, -0.25) is 9.59 Å². The van der Waals surface area contributed by atoms with Gasteiger partial charge in [-0.2, -0.15) is 0 Å². The Labute approximate surface area is 259 Å². The molecule has 4 heterocycles. The van der Waals surface area contributed by atoms with Gasteiger partial charge >= 0.3 is 29.5 Å². The first-order valence-electron chi connectivity index (χ1n) is 15.4. The summed E-state index contributed by atoms with van der Waals surface area (Å²) < 4.78 is 36.0. The first-order valence-corrected chi connectivity index (χ1v) is 15.4. The van der Waals surface area contributed by atoms with Gasteiger partial charge in [0, 0.05) is 16.2 Å². The Morgan fingerprint density at radius 3 is 1.71 bits per heavy atom. The van der Waals surface area contributed by atoms with Gasteiger partial charge in [-0.05, 0) is 59.4 Å². The predicted molar refractivity (Wildman–Crippen MR) is 156 cm³/mol. The number of para-hydroxylation sites is 1. The highest BCUT2D eigenvalue weighted by Gasteiger charge is 2.78. The Morgan fingerprint density at radius 1 is 0.711 bits per heavy atom. The second kappa shape index (κ2) is 8.47. The molecule has 5 aliphatic rings. The number of ether oxygens (including phenoxy) is 5. The Kier molecular flexibility index (Phi) is 5.61. The normalized spacial score (nSPS) is 37.9. The molecular formula is C34H38O11. The van der Waals surface area contributed by atoms with Crippen LogP contribution in [0.15, 0.2) is 33.5 Å². The van der Waals surface area contributed by atoms with Crippen LogP contribution in [0, 0.1) is 21.7 Å². The summed E-state index contributed by atoms with van der Waals surface area (Å²) in [5, 5.41) is 0.414. The van der Waals surface area contributed by atoms with Gasteiger partial charge in [0.2, 0.25) is 17.0 Å². The van der Waals surface area contributed by atoms with Crippen LogP contribution < -0.4 is 10.4 Å². The van der Waals surface area contributed by atoms with Crippen molar-refractivity contribution in [3.05, 3.63) is 40.2 Å². The first kappa shape index (κ1) is 29.8. The van der Waals surface area contributed by atoms with E-state index in [1.54, 1.807) is 52.0 Å². The fourth-order valence-corrected chi connectivity index (χ4v) is 8.52. The molecule has 0 N–H and O–H groups in total. The fourth-order valence-electron chi connectivity index (χ4n) is 8.52. The van der Waals surface area contributed by atoms with E-state index in [0.29, 0.717) is 18.2 Å². The first-order chi connectivity index (χ1) is 20.8. The maximum Gasteiger partial charge on any atom is 0.379 e. The van der Waals surface area contributed by atoms with Crippen LogP contribution in [0.25, 0.3) is 11.0 Å². The average molecular weight is 623 g/mol. The molecule has 2 saturated heterocycles. The summed E-state index contributed by atoms with van der Waals surface area (Å²) in [5.41, 5.74) is -8.62. The van der Waals surface area contributed by atoms with Crippen molar-refractivity contribution in [2.45, 2.75) is 110 Å². The molecule has 0 unspecified atom stereocenters. The van der Waals surface area contributed by atoms with Gasteiger partial charge in [-0.15, -0.1) is 0 Å². The van der Waals surface area contributed by atoms with Crippen LogP contribution in [0.2, 0.25) is 0 Å². The Bertz CT molecular complexity index is 1780. The van der Waals surface area contributed by atoms with E-state index in [1.807, 2.05) is 27.7 Å². The number of carbonyl (C=O) groups is 4. The summed E-state index contributed by atoms with van der Waals surface area (Å²) in [4.78, 5) is 68.0. The molecule has 1 aromatic carbocycles. The van der Waals surface area contributed by atoms with E-state index >= 15 is 0 Å². The molecule has 11 nitrogen and oxygen atoms in total. The minimum absolute atomic E-state index is 0.169. The number of rotatable bonds is 4. The van der Waals surface area contributed by atoms with E-state index in [-0.39, 0.29) is 29.7 Å². The standard InChI is InChI=1S/C34H38O11/c1-28(2)22(42-27(39)34-16-14-32(8,25(37)45-34)30(34,5)6)20(19-17-11-9-10-12-18(17)40-23(35)21(19)43-28)41-26(38)33-15-13-31(7,24(36)44-33)29(33,3)4/h9-12,20,22H,13-16H2,1-8H3/t20-,22-,31+,32+,33-,34-/m1/s1. The van der Waals surface area contributed by atoms with Crippen molar-refractivity contribution in [1.82, 2.24) is 0 Å². The molecule has 240 valence electrons. The molecule has 2 saturated carbocycles. The lowest BCUT2D eigenvalue weighted by Gasteiger charge is -2.45. The maximum absolute atomic E-state index is 14.4. The van der Waals surface area contributed by atoms with E-state index in [2.05, 4.69) is 0 Å². The van der Waals surface area contributed by atoms with E-state index in [1.165, 1.54) is 0 Å². The molecule has 0 amide bonds. The van der Waals surface area contributed by atoms with Crippen LogP contribution in [0.1, 0.15) is 92.7 Å². The molecule has 7 rings (SSSR count). The summed E-state index contributed by atoms with van der Waals surface area (Å²) in [7, 11) is 0. The monoisotopic (exact) mass is 622 g/mol. The number of hydrogen-bond donors (Lipinski definition) is 0. The van der Waals surface area contributed by atoms with E-state index in [0.717, 1.165) is 0 Å². The van der Waals surface area contributed by atoms with Crippen molar-refractivity contribution in [3.8, 4) is 5.75 Å². The minimum Gasteiger partial charge on any atom is -0.476 e. The van der Waals surface area contributed by atoms with Crippen LogP contribution in [-0.4, -0.2) is 46.8 Å². The third-order valence-corrected chi connectivity index (χ3v) is 12.7. The van der Waals surface area contributed by atoms with Crippen LogP contribution in [0.3, 0.4) is 0 Å². The van der Waals surface area contributed by atoms with Crippen molar-refractivity contribution in [3.63, 3.8) is 0 Å². The van der Waals surface area contributed by atoms with Crippen LogP contribution in [0.5, 0.6) is 5.75 Å². The lowest BCUT2D eigenvalue weighted by Crippen LogP contribution is -2.58. The largest absolute Gasteiger partial charge is 0.476 e. The van der Waals surface area contributed by atoms with Crippen LogP contribution in [0.4, 0.5) is 0 Å². The smallest absolute Gasteiger partial charge is 0.379 e.